The van der Waals surface area contributed by atoms with Crippen molar-refractivity contribution in [3.8, 4) is 0 Å². The fourth-order valence-electron chi connectivity index (χ4n) is 2.17. The highest BCUT2D eigenvalue weighted by Crippen LogP contribution is 2.22. The number of thiophene rings is 1. The fourth-order valence-corrected chi connectivity index (χ4v) is 3.10. The molecular formula is C16H18N4O4S. The van der Waals surface area contributed by atoms with Crippen LogP contribution >= 0.6 is 11.3 Å². The van der Waals surface area contributed by atoms with Gasteiger partial charge >= 0.3 is 11.8 Å². The Kier molecular flexibility index (Phi) is 6.20. The average Bonchev–Trinajstić information content (AvgIpc) is 3.08. The van der Waals surface area contributed by atoms with Crippen LogP contribution in [0.5, 0.6) is 0 Å². The number of nitrogens with zero attached hydrogens (tertiary/aromatic N) is 2. The first-order chi connectivity index (χ1) is 11.9. The largest absolute Gasteiger partial charge is 0.346 e. The Morgan fingerprint density at radius 2 is 2.00 bits per heavy atom. The van der Waals surface area contributed by atoms with Gasteiger partial charge in [-0.05, 0) is 31.6 Å². The van der Waals surface area contributed by atoms with Gasteiger partial charge in [-0.25, -0.2) is 0 Å². The average molecular weight is 362 g/mol. The lowest BCUT2D eigenvalue weighted by atomic mass is 10.2. The molecule has 0 aliphatic heterocycles. The highest BCUT2D eigenvalue weighted by molar-refractivity contribution is 7.10. The Morgan fingerprint density at radius 3 is 2.60 bits per heavy atom. The van der Waals surface area contributed by atoms with Crippen LogP contribution in [-0.2, 0) is 9.59 Å². The minimum Gasteiger partial charge on any atom is -0.346 e. The molecule has 0 fully saturated rings. The molecule has 25 heavy (non-hydrogen) atoms. The maximum Gasteiger partial charge on any atom is 0.313 e. The molecule has 1 aromatic carbocycles. The zero-order valence-electron chi connectivity index (χ0n) is 13.8. The van der Waals surface area contributed by atoms with Gasteiger partial charge in [-0.1, -0.05) is 12.1 Å². The summed E-state index contributed by atoms with van der Waals surface area (Å²) in [4.78, 5) is 37.1. The number of carbonyl (C=O) groups excluding carboxylic acids is 2. The predicted molar refractivity (Wildman–Crippen MR) is 95.5 cm³/mol. The second-order valence-corrected chi connectivity index (χ2v) is 6.45. The van der Waals surface area contributed by atoms with Gasteiger partial charge in [0.2, 0.25) is 0 Å². The normalized spacial score (nSPS) is 11.8. The van der Waals surface area contributed by atoms with Crippen molar-refractivity contribution >= 4 is 34.5 Å². The molecule has 2 aromatic rings. The van der Waals surface area contributed by atoms with Crippen LogP contribution in [0.4, 0.5) is 11.4 Å². The van der Waals surface area contributed by atoms with Gasteiger partial charge in [0.05, 0.1) is 11.0 Å². The number of nitro groups is 1. The summed E-state index contributed by atoms with van der Waals surface area (Å²) in [5.41, 5.74) is 0.0281. The molecule has 0 aliphatic carbocycles. The Morgan fingerprint density at radius 1 is 1.24 bits per heavy atom. The van der Waals surface area contributed by atoms with Crippen molar-refractivity contribution in [2.24, 2.45) is 0 Å². The first-order valence-electron chi connectivity index (χ1n) is 7.42. The van der Waals surface area contributed by atoms with Crippen LogP contribution < -0.4 is 10.6 Å². The van der Waals surface area contributed by atoms with Crippen molar-refractivity contribution in [1.82, 2.24) is 10.2 Å². The van der Waals surface area contributed by atoms with E-state index in [2.05, 4.69) is 10.6 Å². The molecule has 2 amide bonds. The first kappa shape index (κ1) is 18.6. The van der Waals surface area contributed by atoms with E-state index in [0.717, 1.165) is 4.88 Å². The lowest BCUT2D eigenvalue weighted by molar-refractivity contribution is -0.384. The number of nitro benzene ring substituents is 1. The molecule has 1 heterocycles. The zero-order chi connectivity index (χ0) is 18.4. The Balaban J connectivity index is 1.95. The second kappa shape index (κ2) is 8.36. The summed E-state index contributed by atoms with van der Waals surface area (Å²) in [6.07, 6.45) is 0. The molecule has 8 nitrogen and oxygen atoms in total. The monoisotopic (exact) mass is 362 g/mol. The molecule has 0 saturated carbocycles. The standard InChI is InChI=1S/C16H18N4O4S/c1-19(2)13(14-7-4-8-25-14)10-17-15(21)16(22)18-11-5-3-6-12(9-11)20(23)24/h3-9,13H,10H2,1-2H3,(H,17,21)(H,18,22)/t13-/m1/s1. The van der Waals surface area contributed by atoms with Crippen LogP contribution in [0.2, 0.25) is 0 Å². The Hall–Kier alpha value is -2.78. The molecule has 1 aromatic heterocycles. The zero-order valence-corrected chi connectivity index (χ0v) is 14.6. The summed E-state index contributed by atoms with van der Waals surface area (Å²) in [7, 11) is 3.78. The smallest absolute Gasteiger partial charge is 0.313 e. The molecule has 0 saturated heterocycles. The fraction of sp³-hybridized carbons (Fsp3) is 0.250. The van der Waals surface area contributed by atoms with E-state index in [1.54, 1.807) is 11.3 Å². The number of nitrogens with one attached hydrogen (secondary N) is 2. The molecule has 0 bridgehead atoms. The van der Waals surface area contributed by atoms with Gasteiger partial charge in [0.25, 0.3) is 5.69 Å². The van der Waals surface area contributed by atoms with Gasteiger partial charge in [-0.15, -0.1) is 11.3 Å². The quantitative estimate of drug-likeness (QED) is 0.465. The number of non-ortho nitro benzene ring substituents is 1. The highest BCUT2D eigenvalue weighted by atomic mass is 32.1. The SMILES string of the molecule is CN(C)[C@H](CNC(=O)C(=O)Nc1cccc([N+](=O)[O-])c1)c1cccs1. The third-order valence-electron chi connectivity index (χ3n) is 3.47. The van der Waals surface area contributed by atoms with E-state index >= 15 is 0 Å². The third-order valence-corrected chi connectivity index (χ3v) is 4.45. The van der Waals surface area contributed by atoms with Crippen molar-refractivity contribution in [3.63, 3.8) is 0 Å². The van der Waals surface area contributed by atoms with E-state index in [4.69, 9.17) is 0 Å². The molecule has 0 radical (unpaired) electrons. The van der Waals surface area contributed by atoms with Gasteiger partial charge < -0.3 is 15.5 Å². The van der Waals surface area contributed by atoms with Crippen molar-refractivity contribution < 1.29 is 14.5 Å². The predicted octanol–water partition coefficient (Wildman–Crippen LogP) is 2.01. The number of carbonyl (C=O) groups is 2. The topological polar surface area (TPSA) is 105 Å². The van der Waals surface area contributed by atoms with Gasteiger partial charge in [0.1, 0.15) is 0 Å². The summed E-state index contributed by atoms with van der Waals surface area (Å²) in [6, 6.07) is 9.25. The molecule has 0 aliphatic rings. The van der Waals surface area contributed by atoms with Crippen LogP contribution in [0.3, 0.4) is 0 Å². The highest BCUT2D eigenvalue weighted by Gasteiger charge is 2.20. The molecule has 2 N–H and O–H groups in total. The van der Waals surface area contributed by atoms with Crippen molar-refractivity contribution in [2.75, 3.05) is 26.0 Å². The van der Waals surface area contributed by atoms with E-state index < -0.39 is 16.7 Å². The van der Waals surface area contributed by atoms with Crippen LogP contribution in [-0.4, -0.2) is 42.3 Å². The maximum atomic E-state index is 12.0. The molecule has 1 atom stereocenters. The summed E-state index contributed by atoms with van der Waals surface area (Å²) >= 11 is 1.57. The van der Waals surface area contributed by atoms with E-state index in [1.165, 1.54) is 24.3 Å². The molecule has 0 spiro atoms. The first-order valence-corrected chi connectivity index (χ1v) is 8.30. The molecular weight excluding hydrogens is 344 g/mol. The molecule has 2 rings (SSSR count). The van der Waals surface area contributed by atoms with Crippen LogP contribution in [0.15, 0.2) is 41.8 Å². The van der Waals surface area contributed by atoms with Crippen molar-refractivity contribution in [3.05, 3.63) is 56.8 Å². The summed E-state index contributed by atoms with van der Waals surface area (Å²) in [5.74, 6) is -1.67. The summed E-state index contributed by atoms with van der Waals surface area (Å²) in [5, 5.41) is 17.6. The van der Waals surface area contributed by atoms with E-state index in [-0.39, 0.29) is 24.0 Å². The van der Waals surface area contributed by atoms with Gasteiger partial charge in [0, 0.05) is 29.2 Å². The maximum absolute atomic E-state index is 12.0. The van der Waals surface area contributed by atoms with Gasteiger partial charge in [0.15, 0.2) is 0 Å². The van der Waals surface area contributed by atoms with Crippen molar-refractivity contribution in [2.45, 2.75) is 6.04 Å². The van der Waals surface area contributed by atoms with Crippen molar-refractivity contribution in [1.29, 1.82) is 0 Å². The summed E-state index contributed by atoms with van der Waals surface area (Å²) in [6.45, 7) is 0.273. The van der Waals surface area contributed by atoms with E-state index in [0.29, 0.717) is 0 Å². The molecule has 132 valence electrons. The number of hydrogen-bond acceptors (Lipinski definition) is 6. The number of benzene rings is 1. The minimum absolute atomic E-state index is 0.0467. The minimum atomic E-state index is -0.871. The Labute approximate surface area is 148 Å². The van der Waals surface area contributed by atoms with E-state index in [1.807, 2.05) is 36.5 Å². The van der Waals surface area contributed by atoms with E-state index in [9.17, 15) is 19.7 Å². The lowest BCUT2D eigenvalue weighted by Crippen LogP contribution is -2.40. The van der Waals surface area contributed by atoms with Crippen LogP contribution in [0, 0.1) is 10.1 Å². The summed E-state index contributed by atoms with van der Waals surface area (Å²) < 4.78 is 0. The Bertz CT molecular complexity index is 761. The number of rotatable bonds is 6. The van der Waals surface area contributed by atoms with Crippen LogP contribution in [0.25, 0.3) is 0 Å². The van der Waals surface area contributed by atoms with Crippen LogP contribution in [0.1, 0.15) is 10.9 Å². The molecule has 9 heteroatoms. The number of anilines is 1. The third kappa shape index (κ3) is 5.10. The lowest BCUT2D eigenvalue weighted by Gasteiger charge is -2.23. The molecule has 0 unspecified atom stereocenters. The number of amides is 2. The second-order valence-electron chi connectivity index (χ2n) is 5.47. The number of hydrogen-bond donors (Lipinski definition) is 2. The van der Waals surface area contributed by atoms with Gasteiger partial charge in [-0.2, -0.15) is 0 Å². The number of likely N-dealkylation sites (N-methyl/N-ethyl adjacent to an activating group) is 1. The van der Waals surface area contributed by atoms with Gasteiger partial charge in [-0.3, -0.25) is 19.7 Å².